The van der Waals surface area contributed by atoms with Crippen LogP contribution in [0.25, 0.3) is 0 Å². The average Bonchev–Trinajstić information content (AvgIpc) is 2.40. The number of carboxylic acids is 1. The normalized spacial score (nSPS) is 17.9. The van der Waals surface area contributed by atoms with Gasteiger partial charge in [-0.25, -0.2) is 0 Å². The highest BCUT2D eigenvalue weighted by Crippen LogP contribution is 2.17. The minimum atomic E-state index is -0.748. The summed E-state index contributed by atoms with van der Waals surface area (Å²) in [5.74, 6) is -0.437. The molecule has 3 heteroatoms. The predicted octanol–water partition coefficient (Wildman–Crippen LogP) is 3.62. The maximum Gasteiger partial charge on any atom is 0.304 e. The number of hydrogen-bond acceptors (Lipinski definition) is 2. The van der Waals surface area contributed by atoms with E-state index in [1.807, 2.05) is 26.0 Å². The smallest absolute Gasteiger partial charge is 0.304 e. The van der Waals surface area contributed by atoms with Crippen molar-refractivity contribution < 1.29 is 9.90 Å². The Morgan fingerprint density at radius 3 is 2.28 bits per heavy atom. The van der Waals surface area contributed by atoms with Crippen molar-refractivity contribution in [1.82, 2.24) is 5.32 Å². The Hall–Kier alpha value is -1.09. The second-order valence-electron chi connectivity index (χ2n) is 3.91. The monoisotopic (exact) mass is 255 g/mol. The second kappa shape index (κ2) is 14.0. The molecule has 0 saturated heterocycles. The van der Waals surface area contributed by atoms with Crippen molar-refractivity contribution in [3.63, 3.8) is 0 Å². The number of carbonyl (C=O) groups is 1. The fourth-order valence-electron chi connectivity index (χ4n) is 1.55. The van der Waals surface area contributed by atoms with Crippen molar-refractivity contribution in [3.05, 3.63) is 24.3 Å². The lowest BCUT2D eigenvalue weighted by molar-refractivity contribution is -0.137. The van der Waals surface area contributed by atoms with Crippen LogP contribution in [0.4, 0.5) is 0 Å². The van der Waals surface area contributed by atoms with Crippen LogP contribution in [-0.2, 0) is 4.79 Å². The van der Waals surface area contributed by atoms with Crippen molar-refractivity contribution >= 4 is 5.97 Å². The Morgan fingerprint density at radius 2 is 1.94 bits per heavy atom. The summed E-state index contributed by atoms with van der Waals surface area (Å²) in [6.45, 7) is 8.25. The number of aliphatic carboxylic acids is 1. The molecular weight excluding hydrogens is 226 g/mol. The van der Waals surface area contributed by atoms with E-state index in [1.54, 1.807) is 7.05 Å². The lowest BCUT2D eigenvalue weighted by Gasteiger charge is -2.22. The highest BCUT2D eigenvalue weighted by molar-refractivity contribution is 5.67. The number of carboxylic acid groups (broad SMARTS) is 1. The molecule has 2 atom stereocenters. The van der Waals surface area contributed by atoms with E-state index in [1.165, 1.54) is 6.42 Å². The van der Waals surface area contributed by atoms with Crippen LogP contribution in [0.1, 0.15) is 47.0 Å². The van der Waals surface area contributed by atoms with Crippen LogP contribution in [0.3, 0.4) is 0 Å². The summed E-state index contributed by atoms with van der Waals surface area (Å²) in [6.07, 6.45) is 10.4. The highest BCUT2D eigenvalue weighted by atomic mass is 16.4. The van der Waals surface area contributed by atoms with Crippen molar-refractivity contribution in [2.75, 3.05) is 7.05 Å². The molecule has 0 saturated carbocycles. The molecule has 1 rings (SSSR count). The number of hydrogen-bond donors (Lipinski definition) is 2. The van der Waals surface area contributed by atoms with Gasteiger partial charge in [-0.1, -0.05) is 58.4 Å². The molecular formula is C15H29NO2. The largest absolute Gasteiger partial charge is 0.481 e. The van der Waals surface area contributed by atoms with Crippen molar-refractivity contribution in [1.29, 1.82) is 0 Å². The van der Waals surface area contributed by atoms with E-state index in [9.17, 15) is 4.79 Å². The second-order valence-corrected chi connectivity index (χ2v) is 3.91. The van der Waals surface area contributed by atoms with Gasteiger partial charge in [0.1, 0.15) is 0 Å². The number of rotatable bonds is 4. The number of nitrogens with one attached hydrogen (secondary N) is 1. The SMILES string of the molecule is CC.CCC.CNC(CC(=O)O)C1C=CC=CC1. The quantitative estimate of drug-likeness (QED) is 0.806. The van der Waals surface area contributed by atoms with Crippen LogP contribution < -0.4 is 5.32 Å². The molecule has 0 aromatic rings. The first kappa shape index (κ1) is 19.3. The third-order valence-corrected chi connectivity index (χ3v) is 2.30. The topological polar surface area (TPSA) is 49.3 Å². The Kier molecular flexibility index (Phi) is 14.9. The summed E-state index contributed by atoms with van der Waals surface area (Å²) in [6, 6.07) is 0.0405. The van der Waals surface area contributed by atoms with Gasteiger partial charge in [0.15, 0.2) is 0 Å². The Bertz CT molecular complexity index is 247. The molecule has 0 fully saturated rings. The third kappa shape index (κ3) is 10.1. The fourth-order valence-corrected chi connectivity index (χ4v) is 1.55. The zero-order valence-electron chi connectivity index (χ0n) is 12.4. The van der Waals surface area contributed by atoms with Crippen LogP contribution in [0.5, 0.6) is 0 Å². The number of allylic oxidation sites excluding steroid dienone is 3. The average molecular weight is 255 g/mol. The molecule has 0 aromatic heterocycles. The summed E-state index contributed by atoms with van der Waals surface area (Å²) in [7, 11) is 1.81. The van der Waals surface area contributed by atoms with Crippen molar-refractivity contribution in [2.45, 2.75) is 53.0 Å². The summed E-state index contributed by atoms with van der Waals surface area (Å²) in [5, 5.41) is 11.7. The van der Waals surface area contributed by atoms with Gasteiger partial charge in [0.2, 0.25) is 0 Å². The van der Waals surface area contributed by atoms with E-state index in [-0.39, 0.29) is 12.5 Å². The van der Waals surface area contributed by atoms with Gasteiger partial charge in [-0.05, 0) is 19.4 Å². The molecule has 0 spiro atoms. The van der Waals surface area contributed by atoms with E-state index in [0.29, 0.717) is 5.92 Å². The molecule has 106 valence electrons. The van der Waals surface area contributed by atoms with Gasteiger partial charge in [-0.3, -0.25) is 4.79 Å². The molecule has 0 amide bonds. The van der Waals surface area contributed by atoms with Crippen LogP contribution in [0.2, 0.25) is 0 Å². The molecule has 0 aliphatic heterocycles. The minimum absolute atomic E-state index is 0.0405. The molecule has 2 unspecified atom stereocenters. The van der Waals surface area contributed by atoms with Gasteiger partial charge in [0.25, 0.3) is 0 Å². The van der Waals surface area contributed by atoms with Crippen molar-refractivity contribution in [2.24, 2.45) is 5.92 Å². The lowest BCUT2D eigenvalue weighted by atomic mass is 9.91. The van der Waals surface area contributed by atoms with E-state index < -0.39 is 5.97 Å². The Morgan fingerprint density at radius 1 is 1.39 bits per heavy atom. The molecule has 0 aromatic carbocycles. The van der Waals surface area contributed by atoms with Gasteiger partial charge in [0.05, 0.1) is 6.42 Å². The van der Waals surface area contributed by atoms with E-state index >= 15 is 0 Å². The molecule has 0 heterocycles. The van der Waals surface area contributed by atoms with Crippen LogP contribution in [-0.4, -0.2) is 24.2 Å². The first-order valence-electron chi connectivity index (χ1n) is 6.88. The summed E-state index contributed by atoms with van der Waals surface area (Å²) in [5.41, 5.74) is 0. The van der Waals surface area contributed by atoms with Crippen LogP contribution in [0, 0.1) is 5.92 Å². The lowest BCUT2D eigenvalue weighted by Crippen LogP contribution is -2.35. The van der Waals surface area contributed by atoms with Gasteiger partial charge < -0.3 is 10.4 Å². The minimum Gasteiger partial charge on any atom is -0.481 e. The van der Waals surface area contributed by atoms with Crippen LogP contribution >= 0.6 is 0 Å². The van der Waals surface area contributed by atoms with Gasteiger partial charge in [0, 0.05) is 6.04 Å². The predicted molar refractivity (Wildman–Crippen MR) is 78.8 cm³/mol. The fraction of sp³-hybridized carbons (Fsp3) is 0.667. The van der Waals surface area contributed by atoms with E-state index in [0.717, 1.165) is 6.42 Å². The summed E-state index contributed by atoms with van der Waals surface area (Å²) >= 11 is 0. The maximum atomic E-state index is 10.5. The Balaban J connectivity index is 0. The molecule has 18 heavy (non-hydrogen) atoms. The molecule has 2 N–H and O–H groups in total. The van der Waals surface area contributed by atoms with Gasteiger partial charge in [-0.15, -0.1) is 0 Å². The summed E-state index contributed by atoms with van der Waals surface area (Å²) in [4.78, 5) is 10.5. The Labute approximate surface area is 112 Å². The molecule has 0 radical (unpaired) electrons. The first-order chi connectivity index (χ1) is 8.65. The molecule has 1 aliphatic carbocycles. The standard InChI is InChI=1S/C10H15NO2.C3H8.C2H6/c1-11-9(7-10(12)13)8-5-3-2-4-6-8;1-3-2;1-2/h2-5,8-9,11H,6-7H2,1H3,(H,12,13);3H2,1-2H3;1-2H3. The maximum absolute atomic E-state index is 10.5. The first-order valence-corrected chi connectivity index (χ1v) is 6.88. The molecule has 0 bridgehead atoms. The van der Waals surface area contributed by atoms with Gasteiger partial charge in [-0.2, -0.15) is 0 Å². The van der Waals surface area contributed by atoms with Crippen LogP contribution in [0.15, 0.2) is 24.3 Å². The zero-order valence-corrected chi connectivity index (χ0v) is 12.4. The molecule has 3 nitrogen and oxygen atoms in total. The highest BCUT2D eigenvalue weighted by Gasteiger charge is 2.19. The van der Waals surface area contributed by atoms with E-state index in [4.69, 9.17) is 5.11 Å². The third-order valence-electron chi connectivity index (χ3n) is 2.30. The molecule has 1 aliphatic rings. The zero-order chi connectivity index (χ0) is 14.4. The van der Waals surface area contributed by atoms with Gasteiger partial charge >= 0.3 is 5.97 Å². The van der Waals surface area contributed by atoms with E-state index in [2.05, 4.69) is 31.3 Å². The van der Waals surface area contributed by atoms with Crippen molar-refractivity contribution in [3.8, 4) is 0 Å². The summed E-state index contributed by atoms with van der Waals surface area (Å²) < 4.78 is 0.